The lowest BCUT2D eigenvalue weighted by Gasteiger charge is -2.51. The Bertz CT molecular complexity index is 393. The molecule has 1 aliphatic carbocycles. The number of hydrogen-bond acceptors (Lipinski definition) is 5. The summed E-state index contributed by atoms with van der Waals surface area (Å²) >= 11 is 0. The van der Waals surface area contributed by atoms with Gasteiger partial charge in [-0.1, -0.05) is 13.8 Å². The standard InChI is InChI=1S/C17H30O5/c1-12-10-14(6-5-7-15(19)20-3)22-17(21-4,13(12)2)16(11-18)8-9-16/h12-14,18H,5-11H2,1-4H3/t12-,13-,14+,17+/m1/s1. The Morgan fingerprint density at radius 3 is 2.50 bits per heavy atom. The SMILES string of the molecule is COC(=O)CCC[C@H]1C[C@@H](C)[C@@H](C)[C@@](OC)(C2(CO)CC2)O1. The highest BCUT2D eigenvalue weighted by Gasteiger charge is 2.65. The molecule has 5 heteroatoms. The quantitative estimate of drug-likeness (QED) is 0.731. The summed E-state index contributed by atoms with van der Waals surface area (Å²) in [6.07, 6.45) is 4.93. The second kappa shape index (κ2) is 6.85. The van der Waals surface area contributed by atoms with Crippen LogP contribution in [0.25, 0.3) is 0 Å². The molecule has 0 radical (unpaired) electrons. The van der Waals surface area contributed by atoms with Gasteiger partial charge in [0.05, 0.1) is 19.8 Å². The number of methoxy groups -OCH3 is 2. The van der Waals surface area contributed by atoms with Crippen molar-refractivity contribution in [2.45, 2.75) is 64.3 Å². The summed E-state index contributed by atoms with van der Waals surface area (Å²) in [5.74, 6) is -0.177. The first-order valence-electron chi connectivity index (χ1n) is 8.35. The maximum absolute atomic E-state index is 11.2. The van der Waals surface area contributed by atoms with E-state index in [1.807, 2.05) is 0 Å². The number of rotatable bonds is 7. The molecule has 128 valence electrons. The van der Waals surface area contributed by atoms with E-state index in [2.05, 4.69) is 18.6 Å². The highest BCUT2D eigenvalue weighted by atomic mass is 16.7. The number of carbonyl (C=O) groups excluding carboxylic acids is 1. The molecule has 0 aromatic carbocycles. The van der Waals surface area contributed by atoms with Gasteiger partial charge in [-0.3, -0.25) is 4.79 Å². The van der Waals surface area contributed by atoms with Crippen molar-refractivity contribution in [2.75, 3.05) is 20.8 Å². The molecule has 2 aliphatic rings. The molecule has 22 heavy (non-hydrogen) atoms. The van der Waals surface area contributed by atoms with Crippen molar-refractivity contribution < 1.29 is 24.1 Å². The monoisotopic (exact) mass is 314 g/mol. The smallest absolute Gasteiger partial charge is 0.305 e. The van der Waals surface area contributed by atoms with Crippen LogP contribution in [-0.4, -0.2) is 43.8 Å². The number of ether oxygens (including phenoxy) is 3. The third-order valence-corrected chi connectivity index (χ3v) is 5.76. The van der Waals surface area contributed by atoms with Gasteiger partial charge < -0.3 is 19.3 Å². The lowest BCUT2D eigenvalue weighted by molar-refractivity contribution is -0.342. The van der Waals surface area contributed by atoms with Crippen LogP contribution in [0.2, 0.25) is 0 Å². The van der Waals surface area contributed by atoms with Crippen molar-refractivity contribution in [2.24, 2.45) is 17.3 Å². The fraction of sp³-hybridized carbons (Fsp3) is 0.941. The molecule has 0 unspecified atom stereocenters. The lowest BCUT2D eigenvalue weighted by atomic mass is 9.73. The zero-order valence-electron chi connectivity index (χ0n) is 14.3. The Kier molecular flexibility index (Phi) is 5.51. The molecule has 0 bridgehead atoms. The van der Waals surface area contributed by atoms with Crippen molar-refractivity contribution in [3.63, 3.8) is 0 Å². The van der Waals surface area contributed by atoms with Gasteiger partial charge in [0.1, 0.15) is 0 Å². The maximum Gasteiger partial charge on any atom is 0.305 e. The van der Waals surface area contributed by atoms with Crippen LogP contribution in [0.4, 0.5) is 0 Å². The van der Waals surface area contributed by atoms with E-state index in [-0.39, 0.29) is 30.0 Å². The van der Waals surface area contributed by atoms with Gasteiger partial charge in [-0.05, 0) is 38.0 Å². The fourth-order valence-corrected chi connectivity index (χ4v) is 3.98. The van der Waals surface area contributed by atoms with Gasteiger partial charge in [0.2, 0.25) is 0 Å². The van der Waals surface area contributed by atoms with Crippen molar-refractivity contribution in [3.8, 4) is 0 Å². The number of aliphatic hydroxyl groups is 1. The average molecular weight is 314 g/mol. The van der Waals surface area contributed by atoms with Gasteiger partial charge in [-0.2, -0.15) is 0 Å². The van der Waals surface area contributed by atoms with Crippen molar-refractivity contribution >= 4 is 5.97 Å². The van der Waals surface area contributed by atoms with Gasteiger partial charge in [-0.25, -0.2) is 0 Å². The summed E-state index contributed by atoms with van der Waals surface area (Å²) in [7, 11) is 3.10. The van der Waals surface area contributed by atoms with Crippen molar-refractivity contribution in [3.05, 3.63) is 0 Å². The summed E-state index contributed by atoms with van der Waals surface area (Å²) in [6.45, 7) is 4.49. The summed E-state index contributed by atoms with van der Waals surface area (Å²) in [4.78, 5) is 11.2. The first-order chi connectivity index (χ1) is 10.4. The molecule has 1 heterocycles. The maximum atomic E-state index is 11.2. The van der Waals surface area contributed by atoms with Crippen LogP contribution < -0.4 is 0 Å². The number of carbonyl (C=O) groups is 1. The topological polar surface area (TPSA) is 65.0 Å². The first kappa shape index (κ1) is 17.7. The minimum absolute atomic E-state index is 0.0693. The minimum Gasteiger partial charge on any atom is -0.469 e. The normalized spacial score (nSPS) is 36.9. The van der Waals surface area contributed by atoms with Gasteiger partial charge in [-0.15, -0.1) is 0 Å². The third kappa shape index (κ3) is 3.03. The molecule has 5 nitrogen and oxygen atoms in total. The summed E-state index contributed by atoms with van der Waals surface area (Å²) in [6, 6.07) is 0. The van der Waals surface area contributed by atoms with Crippen LogP contribution in [0, 0.1) is 17.3 Å². The zero-order chi connectivity index (χ0) is 16.4. The minimum atomic E-state index is -0.699. The van der Waals surface area contributed by atoms with E-state index in [9.17, 15) is 9.90 Å². The Balaban J connectivity index is 2.05. The molecule has 1 saturated heterocycles. The van der Waals surface area contributed by atoms with Crippen LogP contribution in [0.5, 0.6) is 0 Å². The molecule has 2 fully saturated rings. The third-order valence-electron chi connectivity index (χ3n) is 5.76. The van der Waals surface area contributed by atoms with Crippen molar-refractivity contribution in [1.29, 1.82) is 0 Å². The second-order valence-corrected chi connectivity index (χ2v) is 7.02. The van der Waals surface area contributed by atoms with E-state index in [0.29, 0.717) is 12.3 Å². The molecule has 1 saturated carbocycles. The van der Waals surface area contributed by atoms with Crippen LogP contribution >= 0.6 is 0 Å². The van der Waals surface area contributed by atoms with E-state index in [1.54, 1.807) is 7.11 Å². The molecule has 0 amide bonds. The fourth-order valence-electron chi connectivity index (χ4n) is 3.98. The second-order valence-electron chi connectivity index (χ2n) is 7.02. The number of hydrogen-bond donors (Lipinski definition) is 1. The molecular formula is C17H30O5. The van der Waals surface area contributed by atoms with Gasteiger partial charge in [0.25, 0.3) is 0 Å². The summed E-state index contributed by atoms with van der Waals surface area (Å²) < 4.78 is 17.0. The van der Waals surface area contributed by atoms with Gasteiger partial charge in [0.15, 0.2) is 5.79 Å². The Labute approximate surface area is 133 Å². The lowest BCUT2D eigenvalue weighted by Crippen LogP contribution is -2.58. The largest absolute Gasteiger partial charge is 0.469 e. The highest BCUT2D eigenvalue weighted by Crippen LogP contribution is 2.61. The van der Waals surface area contributed by atoms with Crippen LogP contribution in [-0.2, 0) is 19.0 Å². The summed E-state index contributed by atoms with van der Waals surface area (Å²) in [5, 5.41) is 9.85. The predicted octanol–water partition coefficient (Wildman–Crippen LogP) is 2.51. The predicted molar refractivity (Wildman–Crippen MR) is 82.2 cm³/mol. The average Bonchev–Trinajstić information content (AvgIpc) is 3.32. The Morgan fingerprint density at radius 2 is 2.00 bits per heavy atom. The Morgan fingerprint density at radius 1 is 1.32 bits per heavy atom. The molecule has 1 N–H and O–H groups in total. The highest BCUT2D eigenvalue weighted by molar-refractivity contribution is 5.68. The van der Waals surface area contributed by atoms with Crippen LogP contribution in [0.3, 0.4) is 0 Å². The van der Waals surface area contributed by atoms with E-state index < -0.39 is 5.79 Å². The zero-order valence-corrected chi connectivity index (χ0v) is 14.3. The molecule has 0 aromatic rings. The van der Waals surface area contributed by atoms with E-state index in [1.165, 1.54) is 7.11 Å². The molecule has 0 aromatic heterocycles. The van der Waals surface area contributed by atoms with Gasteiger partial charge in [0, 0.05) is 24.9 Å². The number of esters is 1. The van der Waals surface area contributed by atoms with Crippen LogP contribution in [0.15, 0.2) is 0 Å². The van der Waals surface area contributed by atoms with E-state index in [4.69, 9.17) is 9.47 Å². The van der Waals surface area contributed by atoms with Gasteiger partial charge >= 0.3 is 5.97 Å². The molecule has 1 aliphatic heterocycles. The van der Waals surface area contributed by atoms with Crippen molar-refractivity contribution in [1.82, 2.24) is 0 Å². The van der Waals surface area contributed by atoms with E-state index >= 15 is 0 Å². The molecule has 2 rings (SSSR count). The van der Waals surface area contributed by atoms with Crippen LogP contribution in [0.1, 0.15) is 52.4 Å². The first-order valence-corrected chi connectivity index (χ1v) is 8.35. The summed E-state index contributed by atoms with van der Waals surface area (Å²) in [5.41, 5.74) is -0.254. The molecular weight excluding hydrogens is 284 g/mol. The molecule has 4 atom stereocenters. The molecule has 0 spiro atoms. The Hall–Kier alpha value is -0.650. The number of aliphatic hydroxyl groups excluding tert-OH is 1. The van der Waals surface area contributed by atoms with E-state index in [0.717, 1.165) is 32.1 Å².